The van der Waals surface area contributed by atoms with E-state index in [9.17, 15) is 0 Å². The molecule has 1 aliphatic rings. The lowest BCUT2D eigenvalue weighted by molar-refractivity contribution is -0.0586. The molecule has 4 heteroatoms. The molecule has 1 fully saturated rings. The molecule has 2 rings (SSSR count). The zero-order valence-electron chi connectivity index (χ0n) is 9.39. The Labute approximate surface area is 109 Å². The fourth-order valence-corrected chi connectivity index (χ4v) is 2.66. The second-order valence-corrected chi connectivity index (χ2v) is 6.06. The fourth-order valence-electron chi connectivity index (χ4n) is 1.78. The van der Waals surface area contributed by atoms with Crippen molar-refractivity contribution in [1.29, 1.82) is 0 Å². The molecule has 0 amide bonds. The van der Waals surface area contributed by atoms with E-state index >= 15 is 0 Å². The highest BCUT2D eigenvalue weighted by Crippen LogP contribution is 2.27. The van der Waals surface area contributed by atoms with Gasteiger partial charge in [-0.25, -0.2) is 0 Å². The van der Waals surface area contributed by atoms with E-state index in [2.05, 4.69) is 41.2 Å². The smallest absolute Gasteiger partial charge is 0.0751 e. The van der Waals surface area contributed by atoms with Crippen LogP contribution in [0.15, 0.2) is 22.7 Å². The van der Waals surface area contributed by atoms with Gasteiger partial charge in [0.2, 0.25) is 0 Å². The lowest BCUT2D eigenvalue weighted by Crippen LogP contribution is -2.47. The van der Waals surface area contributed by atoms with Crippen molar-refractivity contribution < 1.29 is 4.74 Å². The first kappa shape index (κ1) is 12.4. The summed E-state index contributed by atoms with van der Waals surface area (Å²) >= 11 is 9.48. The van der Waals surface area contributed by atoms with Gasteiger partial charge in [-0.1, -0.05) is 27.5 Å². The number of rotatable bonds is 1. The predicted molar refractivity (Wildman–Crippen MR) is 69.9 cm³/mol. The van der Waals surface area contributed by atoms with Crippen molar-refractivity contribution in [2.75, 3.05) is 13.2 Å². The van der Waals surface area contributed by atoms with E-state index in [1.165, 1.54) is 0 Å². The number of morpholine rings is 1. The first-order valence-corrected chi connectivity index (χ1v) is 6.47. The fraction of sp³-hybridized carbons (Fsp3) is 0.500. The summed E-state index contributed by atoms with van der Waals surface area (Å²) in [6, 6.07) is 6.17. The van der Waals surface area contributed by atoms with Crippen molar-refractivity contribution in [1.82, 2.24) is 5.32 Å². The molecule has 0 spiro atoms. The van der Waals surface area contributed by atoms with Gasteiger partial charge in [0.1, 0.15) is 0 Å². The Morgan fingerprint density at radius 2 is 2.19 bits per heavy atom. The van der Waals surface area contributed by atoms with Crippen LogP contribution in [-0.4, -0.2) is 18.8 Å². The number of hydrogen-bond acceptors (Lipinski definition) is 2. The van der Waals surface area contributed by atoms with Gasteiger partial charge in [-0.2, -0.15) is 0 Å². The number of hydrogen-bond donors (Lipinski definition) is 1. The van der Waals surface area contributed by atoms with Crippen LogP contribution in [0.25, 0.3) is 0 Å². The number of nitrogens with one attached hydrogen (secondary N) is 1. The predicted octanol–water partition coefficient (Wildman–Crippen LogP) is 3.54. The molecule has 16 heavy (non-hydrogen) atoms. The average Bonchev–Trinajstić information content (AvgIpc) is 2.15. The van der Waals surface area contributed by atoms with E-state index in [1.807, 2.05) is 12.1 Å². The molecule has 1 aliphatic heterocycles. The lowest BCUT2D eigenvalue weighted by Gasteiger charge is -2.36. The normalized spacial score (nSPS) is 24.4. The highest BCUT2D eigenvalue weighted by Gasteiger charge is 2.27. The summed E-state index contributed by atoms with van der Waals surface area (Å²) < 4.78 is 6.79. The van der Waals surface area contributed by atoms with Gasteiger partial charge in [-0.05, 0) is 37.6 Å². The molecule has 1 aromatic carbocycles. The van der Waals surface area contributed by atoms with Gasteiger partial charge in [0.05, 0.1) is 18.2 Å². The monoisotopic (exact) mass is 303 g/mol. The van der Waals surface area contributed by atoms with Crippen molar-refractivity contribution in [3.63, 3.8) is 0 Å². The van der Waals surface area contributed by atoms with Gasteiger partial charge < -0.3 is 10.1 Å². The van der Waals surface area contributed by atoms with Crippen molar-refractivity contribution in [2.45, 2.75) is 25.5 Å². The largest absolute Gasteiger partial charge is 0.372 e. The molecule has 0 saturated carbocycles. The van der Waals surface area contributed by atoms with E-state index in [0.717, 1.165) is 21.6 Å². The lowest BCUT2D eigenvalue weighted by atomic mass is 10.0. The van der Waals surface area contributed by atoms with E-state index in [0.29, 0.717) is 6.61 Å². The quantitative estimate of drug-likeness (QED) is 0.857. The molecule has 1 N–H and O–H groups in total. The van der Waals surface area contributed by atoms with Crippen LogP contribution in [0.3, 0.4) is 0 Å². The highest BCUT2D eigenvalue weighted by molar-refractivity contribution is 9.10. The van der Waals surface area contributed by atoms with E-state index in [1.54, 1.807) is 0 Å². The van der Waals surface area contributed by atoms with E-state index < -0.39 is 0 Å². The van der Waals surface area contributed by atoms with E-state index in [4.69, 9.17) is 16.3 Å². The minimum Gasteiger partial charge on any atom is -0.372 e. The van der Waals surface area contributed by atoms with Gasteiger partial charge in [0, 0.05) is 16.0 Å². The average molecular weight is 305 g/mol. The molecular formula is C12H15BrClNO. The van der Waals surface area contributed by atoms with Gasteiger partial charge >= 0.3 is 0 Å². The standard InChI is InChI=1S/C12H15BrClNO/c1-12(2)7-15-11(6-16-12)8-3-9(13)5-10(14)4-8/h3-5,11,15H,6-7H2,1-2H3/t11-/m0/s1. The first-order chi connectivity index (χ1) is 7.46. The molecule has 0 aromatic heterocycles. The third-order valence-corrected chi connectivity index (χ3v) is 3.38. The third kappa shape index (κ3) is 2.98. The Bertz CT molecular complexity index is 364. The summed E-state index contributed by atoms with van der Waals surface area (Å²) in [6.45, 7) is 5.70. The molecule has 0 unspecified atom stereocenters. The van der Waals surface area contributed by atoms with Crippen molar-refractivity contribution in [3.05, 3.63) is 33.3 Å². The second kappa shape index (κ2) is 4.65. The number of halogens is 2. The maximum Gasteiger partial charge on any atom is 0.0751 e. The zero-order chi connectivity index (χ0) is 11.8. The van der Waals surface area contributed by atoms with Crippen LogP contribution in [-0.2, 0) is 4.74 Å². The Kier molecular flexibility index (Phi) is 3.59. The molecule has 2 nitrogen and oxygen atoms in total. The highest BCUT2D eigenvalue weighted by atomic mass is 79.9. The van der Waals surface area contributed by atoms with Crippen LogP contribution in [0, 0.1) is 0 Å². The molecule has 0 aliphatic carbocycles. The van der Waals surface area contributed by atoms with Crippen LogP contribution in [0.4, 0.5) is 0 Å². The van der Waals surface area contributed by atoms with Crippen molar-refractivity contribution in [3.8, 4) is 0 Å². The van der Waals surface area contributed by atoms with Crippen LogP contribution in [0.2, 0.25) is 5.02 Å². The first-order valence-electron chi connectivity index (χ1n) is 5.30. The zero-order valence-corrected chi connectivity index (χ0v) is 11.7. The molecule has 1 aromatic rings. The van der Waals surface area contributed by atoms with Crippen LogP contribution < -0.4 is 5.32 Å². The van der Waals surface area contributed by atoms with Gasteiger partial charge in [-0.3, -0.25) is 0 Å². The molecular weight excluding hydrogens is 289 g/mol. The summed E-state index contributed by atoms with van der Waals surface area (Å²) in [4.78, 5) is 0. The molecule has 1 heterocycles. The summed E-state index contributed by atoms with van der Waals surface area (Å²) in [6.07, 6.45) is 0. The maximum absolute atomic E-state index is 6.03. The Morgan fingerprint density at radius 1 is 1.44 bits per heavy atom. The molecule has 1 atom stereocenters. The molecule has 0 bridgehead atoms. The van der Waals surface area contributed by atoms with Gasteiger partial charge in [-0.15, -0.1) is 0 Å². The molecule has 1 saturated heterocycles. The van der Waals surface area contributed by atoms with Crippen molar-refractivity contribution in [2.24, 2.45) is 0 Å². The topological polar surface area (TPSA) is 21.3 Å². The van der Waals surface area contributed by atoms with E-state index in [-0.39, 0.29) is 11.6 Å². The van der Waals surface area contributed by atoms with Gasteiger partial charge in [0.15, 0.2) is 0 Å². The van der Waals surface area contributed by atoms with Crippen LogP contribution in [0.5, 0.6) is 0 Å². The summed E-state index contributed by atoms with van der Waals surface area (Å²) in [5.41, 5.74) is 1.08. The summed E-state index contributed by atoms with van der Waals surface area (Å²) in [5.74, 6) is 0. The third-order valence-electron chi connectivity index (χ3n) is 2.70. The minimum absolute atomic E-state index is 0.0771. The number of benzene rings is 1. The molecule has 0 radical (unpaired) electrons. The van der Waals surface area contributed by atoms with Crippen LogP contribution >= 0.6 is 27.5 Å². The Balaban J connectivity index is 2.14. The second-order valence-electron chi connectivity index (χ2n) is 4.71. The Hall–Kier alpha value is -0.0900. The Morgan fingerprint density at radius 3 is 2.75 bits per heavy atom. The van der Waals surface area contributed by atoms with Crippen LogP contribution in [0.1, 0.15) is 25.5 Å². The van der Waals surface area contributed by atoms with Gasteiger partial charge in [0.25, 0.3) is 0 Å². The number of ether oxygens (including phenoxy) is 1. The summed E-state index contributed by atoms with van der Waals surface area (Å²) in [7, 11) is 0. The SMILES string of the molecule is CC1(C)CN[C@H](c2cc(Cl)cc(Br)c2)CO1. The molecule has 88 valence electrons. The maximum atomic E-state index is 6.03. The minimum atomic E-state index is -0.0771. The van der Waals surface area contributed by atoms with Crippen molar-refractivity contribution >= 4 is 27.5 Å². The summed E-state index contributed by atoms with van der Waals surface area (Å²) in [5, 5.41) is 4.22.